The van der Waals surface area contributed by atoms with Crippen molar-refractivity contribution in [3.05, 3.63) is 20.8 Å². The summed E-state index contributed by atoms with van der Waals surface area (Å²) in [5.74, 6) is 0. The highest BCUT2D eigenvalue weighted by atomic mass is 79.9. The van der Waals surface area contributed by atoms with Gasteiger partial charge < -0.3 is 5.32 Å². The Balaban J connectivity index is 1.37. The summed E-state index contributed by atoms with van der Waals surface area (Å²) < 4.78 is 1.24. The molecule has 0 aromatic carbocycles. The lowest BCUT2D eigenvalue weighted by Gasteiger charge is -2.15. The third kappa shape index (κ3) is 3.31. The molecule has 2 nitrogen and oxygen atoms in total. The molecule has 0 radical (unpaired) electrons. The minimum absolute atomic E-state index is 0.735. The Labute approximate surface area is 116 Å². The first kappa shape index (κ1) is 12.2. The SMILES string of the molecule is Brc1ccc(CCNC2CCN(C3CC3)C2)s1. The van der Waals surface area contributed by atoms with E-state index in [4.69, 9.17) is 0 Å². The van der Waals surface area contributed by atoms with E-state index in [0.717, 1.165) is 25.0 Å². The van der Waals surface area contributed by atoms with Crippen LogP contribution in [0.1, 0.15) is 24.1 Å². The Morgan fingerprint density at radius 3 is 2.94 bits per heavy atom. The second-order valence-electron chi connectivity index (χ2n) is 5.12. The van der Waals surface area contributed by atoms with Crippen LogP contribution in [0.5, 0.6) is 0 Å². The van der Waals surface area contributed by atoms with Gasteiger partial charge in [-0.15, -0.1) is 11.3 Å². The fourth-order valence-corrected chi connectivity index (χ4v) is 4.09. The zero-order valence-corrected chi connectivity index (χ0v) is 12.4. The fraction of sp³-hybridized carbons (Fsp3) is 0.692. The van der Waals surface area contributed by atoms with Gasteiger partial charge in [0.15, 0.2) is 0 Å². The smallest absolute Gasteiger partial charge is 0.0701 e. The molecule has 0 amide bonds. The lowest BCUT2D eigenvalue weighted by Crippen LogP contribution is -2.34. The standard InChI is InChI=1S/C13H19BrN2S/c14-13-4-3-12(17-13)5-7-15-10-6-8-16(9-10)11-1-2-11/h3-4,10-11,15H,1-2,5-9H2. The zero-order chi connectivity index (χ0) is 11.7. The number of likely N-dealkylation sites (tertiary alicyclic amines) is 1. The summed E-state index contributed by atoms with van der Waals surface area (Å²) in [5.41, 5.74) is 0. The van der Waals surface area contributed by atoms with Gasteiger partial charge >= 0.3 is 0 Å². The van der Waals surface area contributed by atoms with Gasteiger partial charge in [0.1, 0.15) is 0 Å². The van der Waals surface area contributed by atoms with E-state index in [1.807, 2.05) is 11.3 Å². The average molecular weight is 315 g/mol. The van der Waals surface area contributed by atoms with E-state index in [1.54, 1.807) is 0 Å². The third-order valence-electron chi connectivity index (χ3n) is 3.72. The van der Waals surface area contributed by atoms with Crippen LogP contribution in [-0.4, -0.2) is 36.6 Å². The van der Waals surface area contributed by atoms with Gasteiger partial charge in [-0.3, -0.25) is 4.90 Å². The highest BCUT2D eigenvalue weighted by Gasteiger charge is 2.33. The molecule has 1 N–H and O–H groups in total. The molecule has 4 heteroatoms. The van der Waals surface area contributed by atoms with E-state index in [9.17, 15) is 0 Å². The van der Waals surface area contributed by atoms with Crippen molar-refractivity contribution in [3.63, 3.8) is 0 Å². The van der Waals surface area contributed by atoms with Gasteiger partial charge in [-0.2, -0.15) is 0 Å². The maximum absolute atomic E-state index is 3.70. The second kappa shape index (κ2) is 5.39. The predicted molar refractivity (Wildman–Crippen MR) is 76.7 cm³/mol. The molecule has 1 saturated heterocycles. The molecule has 3 rings (SSSR count). The number of thiophene rings is 1. The number of hydrogen-bond acceptors (Lipinski definition) is 3. The van der Waals surface area contributed by atoms with E-state index >= 15 is 0 Å². The summed E-state index contributed by atoms with van der Waals surface area (Å²) >= 11 is 5.36. The Morgan fingerprint density at radius 2 is 2.24 bits per heavy atom. The number of hydrogen-bond donors (Lipinski definition) is 1. The van der Waals surface area contributed by atoms with Crippen molar-refractivity contribution >= 4 is 27.3 Å². The second-order valence-corrected chi connectivity index (χ2v) is 7.67. The summed E-state index contributed by atoms with van der Waals surface area (Å²) in [5, 5.41) is 3.70. The number of nitrogens with zero attached hydrogens (tertiary/aromatic N) is 1. The fourth-order valence-electron chi connectivity index (χ4n) is 2.61. The molecule has 2 heterocycles. The van der Waals surface area contributed by atoms with Crippen LogP contribution < -0.4 is 5.32 Å². The molecule has 17 heavy (non-hydrogen) atoms. The highest BCUT2D eigenvalue weighted by Crippen LogP contribution is 2.29. The van der Waals surface area contributed by atoms with Crippen molar-refractivity contribution in [2.24, 2.45) is 0 Å². The highest BCUT2D eigenvalue weighted by molar-refractivity contribution is 9.11. The Hall–Kier alpha value is 0.1000. The molecule has 0 bridgehead atoms. The first-order valence-electron chi connectivity index (χ1n) is 6.53. The van der Waals surface area contributed by atoms with Crippen LogP contribution >= 0.6 is 27.3 Å². The largest absolute Gasteiger partial charge is 0.312 e. The van der Waals surface area contributed by atoms with Crippen LogP contribution in [0.3, 0.4) is 0 Å². The van der Waals surface area contributed by atoms with Crippen molar-refractivity contribution in [3.8, 4) is 0 Å². The van der Waals surface area contributed by atoms with Crippen LogP contribution in [0.4, 0.5) is 0 Å². The lowest BCUT2D eigenvalue weighted by atomic mass is 10.2. The molecule has 0 spiro atoms. The predicted octanol–water partition coefficient (Wildman–Crippen LogP) is 2.88. The summed E-state index contributed by atoms with van der Waals surface area (Å²) in [6.07, 6.45) is 5.38. The van der Waals surface area contributed by atoms with Gasteiger partial charge in [0.05, 0.1) is 3.79 Å². The van der Waals surface area contributed by atoms with Gasteiger partial charge in [-0.05, 0) is 53.7 Å². The maximum Gasteiger partial charge on any atom is 0.0701 e. The van der Waals surface area contributed by atoms with Crippen molar-refractivity contribution in [2.45, 2.75) is 37.8 Å². The molecule has 1 saturated carbocycles. The van der Waals surface area contributed by atoms with Gasteiger partial charge in [0.25, 0.3) is 0 Å². The summed E-state index contributed by atoms with van der Waals surface area (Å²) in [4.78, 5) is 4.14. The molecule has 2 aliphatic rings. The zero-order valence-electron chi connectivity index (χ0n) is 9.99. The first-order valence-corrected chi connectivity index (χ1v) is 8.14. The molecular weight excluding hydrogens is 296 g/mol. The van der Waals surface area contributed by atoms with Crippen molar-refractivity contribution in [2.75, 3.05) is 19.6 Å². The molecule has 1 aromatic rings. The maximum atomic E-state index is 3.70. The topological polar surface area (TPSA) is 15.3 Å². The monoisotopic (exact) mass is 314 g/mol. The molecule has 1 aromatic heterocycles. The van der Waals surface area contributed by atoms with Crippen LogP contribution in [0, 0.1) is 0 Å². The molecular formula is C13H19BrN2S. The molecule has 1 aliphatic carbocycles. The minimum Gasteiger partial charge on any atom is -0.312 e. The minimum atomic E-state index is 0.735. The van der Waals surface area contributed by atoms with Crippen molar-refractivity contribution < 1.29 is 0 Å². The van der Waals surface area contributed by atoms with Crippen LogP contribution in [-0.2, 0) is 6.42 Å². The lowest BCUT2D eigenvalue weighted by molar-refractivity contribution is 0.318. The number of halogens is 1. The average Bonchev–Trinajstić information content (AvgIpc) is 2.93. The van der Waals surface area contributed by atoms with Gasteiger partial charge in [-0.1, -0.05) is 0 Å². The first-order chi connectivity index (χ1) is 8.31. The van der Waals surface area contributed by atoms with Crippen molar-refractivity contribution in [1.82, 2.24) is 10.2 Å². The summed E-state index contributed by atoms with van der Waals surface area (Å²) in [6.45, 7) is 3.71. The molecule has 2 fully saturated rings. The van der Waals surface area contributed by atoms with Gasteiger partial charge in [0.2, 0.25) is 0 Å². The quantitative estimate of drug-likeness (QED) is 0.899. The van der Waals surface area contributed by atoms with Crippen LogP contribution in [0.25, 0.3) is 0 Å². The van der Waals surface area contributed by atoms with E-state index in [0.29, 0.717) is 0 Å². The van der Waals surface area contributed by atoms with Gasteiger partial charge in [0, 0.05) is 36.6 Å². The third-order valence-corrected chi connectivity index (χ3v) is 5.40. The van der Waals surface area contributed by atoms with Crippen LogP contribution in [0.2, 0.25) is 0 Å². The Bertz CT molecular complexity index is 375. The van der Waals surface area contributed by atoms with Gasteiger partial charge in [-0.25, -0.2) is 0 Å². The van der Waals surface area contributed by atoms with Crippen LogP contribution in [0.15, 0.2) is 15.9 Å². The van der Waals surface area contributed by atoms with E-state index in [1.165, 1.54) is 41.0 Å². The Morgan fingerprint density at radius 1 is 1.35 bits per heavy atom. The molecule has 1 atom stereocenters. The number of rotatable bonds is 5. The normalized spacial score (nSPS) is 25.6. The van der Waals surface area contributed by atoms with Crippen molar-refractivity contribution in [1.29, 1.82) is 0 Å². The molecule has 94 valence electrons. The van der Waals surface area contributed by atoms with E-state index in [2.05, 4.69) is 38.3 Å². The number of nitrogens with one attached hydrogen (secondary N) is 1. The van der Waals surface area contributed by atoms with E-state index in [-0.39, 0.29) is 0 Å². The molecule has 1 aliphatic heterocycles. The Kier molecular flexibility index (Phi) is 3.85. The van der Waals surface area contributed by atoms with E-state index < -0.39 is 0 Å². The summed E-state index contributed by atoms with van der Waals surface area (Å²) in [6, 6.07) is 6.04. The summed E-state index contributed by atoms with van der Waals surface area (Å²) in [7, 11) is 0. The molecule has 1 unspecified atom stereocenters.